The number of hydrogen-bond donors (Lipinski definition) is 0. The van der Waals surface area contributed by atoms with Gasteiger partial charge in [-0.25, -0.2) is 0 Å². The molecule has 1 saturated carbocycles. The molecule has 2 nitrogen and oxygen atoms in total. The smallest absolute Gasteiger partial charge is 0.0708 e. The number of nitrogens with zero attached hydrogens (tertiary/aromatic N) is 2. The lowest BCUT2D eigenvalue weighted by molar-refractivity contribution is 0.319. The predicted octanol–water partition coefficient (Wildman–Crippen LogP) is 13.1. The first-order chi connectivity index (χ1) is 25.5. The molecule has 0 atom stereocenters. The summed E-state index contributed by atoms with van der Waals surface area (Å²) < 4.78 is 0. The van der Waals surface area contributed by atoms with Gasteiger partial charge in [0.15, 0.2) is 0 Å². The summed E-state index contributed by atoms with van der Waals surface area (Å²) in [5, 5.41) is 0. The van der Waals surface area contributed by atoms with Crippen LogP contribution in [0.25, 0.3) is 55.9 Å². The van der Waals surface area contributed by atoms with Gasteiger partial charge < -0.3 is 0 Å². The van der Waals surface area contributed by atoms with Gasteiger partial charge in [0.2, 0.25) is 0 Å². The number of hydrogen-bond acceptors (Lipinski definition) is 2. The molecule has 0 saturated heterocycles. The molecule has 1 fully saturated rings. The number of pyridine rings is 2. The molecule has 2 aromatic heterocycles. The highest BCUT2D eigenvalue weighted by Crippen LogP contribution is 2.40. The summed E-state index contributed by atoms with van der Waals surface area (Å²) in [6, 6.07) is 53.3. The van der Waals surface area contributed by atoms with E-state index in [0.29, 0.717) is 5.41 Å². The molecule has 0 aliphatic heterocycles. The number of benzene rings is 5. The summed E-state index contributed by atoms with van der Waals surface area (Å²) in [6.45, 7) is 4.65. The van der Waals surface area contributed by atoms with E-state index in [4.69, 9.17) is 4.98 Å². The fourth-order valence-corrected chi connectivity index (χ4v) is 8.09. The van der Waals surface area contributed by atoms with Crippen LogP contribution in [0.1, 0.15) is 61.3 Å². The summed E-state index contributed by atoms with van der Waals surface area (Å²) in [5.74, 6) is 0. The lowest BCUT2D eigenvalue weighted by Crippen LogP contribution is -2.24. The normalized spacial score (nSPS) is 13.9. The zero-order valence-corrected chi connectivity index (χ0v) is 30.4. The van der Waals surface area contributed by atoms with Crippen molar-refractivity contribution in [3.63, 3.8) is 0 Å². The average Bonchev–Trinajstić information content (AvgIpc) is 3.21. The molecule has 0 spiro atoms. The Morgan fingerprint density at radius 3 is 1.81 bits per heavy atom. The van der Waals surface area contributed by atoms with Gasteiger partial charge in [0, 0.05) is 23.5 Å². The average molecular weight is 675 g/mol. The van der Waals surface area contributed by atoms with Crippen molar-refractivity contribution in [2.75, 3.05) is 0 Å². The van der Waals surface area contributed by atoms with Gasteiger partial charge in [-0.05, 0) is 112 Å². The molecule has 52 heavy (non-hydrogen) atoms. The van der Waals surface area contributed by atoms with Crippen LogP contribution in [0.2, 0.25) is 0 Å². The van der Waals surface area contributed by atoms with Gasteiger partial charge in [-0.15, -0.1) is 0 Å². The molecule has 8 rings (SSSR count). The molecule has 0 unspecified atom stereocenters. The number of rotatable bonds is 9. The van der Waals surface area contributed by atoms with E-state index in [1.54, 1.807) is 0 Å². The maximum atomic E-state index is 4.78. The summed E-state index contributed by atoms with van der Waals surface area (Å²) in [4.78, 5) is 9.27. The summed E-state index contributed by atoms with van der Waals surface area (Å²) in [7, 11) is 0. The van der Waals surface area contributed by atoms with Crippen molar-refractivity contribution < 1.29 is 0 Å². The van der Waals surface area contributed by atoms with Crippen LogP contribution in [-0.4, -0.2) is 9.97 Å². The van der Waals surface area contributed by atoms with E-state index in [1.165, 1.54) is 87.7 Å². The second kappa shape index (κ2) is 14.9. The quantitative estimate of drug-likeness (QED) is 0.152. The predicted molar refractivity (Wildman–Crippen MR) is 218 cm³/mol. The maximum absolute atomic E-state index is 4.78. The minimum atomic E-state index is 0.317. The molecule has 0 bridgehead atoms. The van der Waals surface area contributed by atoms with Crippen molar-refractivity contribution in [2.45, 2.75) is 64.2 Å². The first kappa shape index (κ1) is 33.5. The van der Waals surface area contributed by atoms with Crippen molar-refractivity contribution in [3.8, 4) is 55.9 Å². The van der Waals surface area contributed by atoms with E-state index in [-0.39, 0.29) is 0 Å². The van der Waals surface area contributed by atoms with Gasteiger partial charge in [0.25, 0.3) is 0 Å². The summed E-state index contributed by atoms with van der Waals surface area (Å²) in [6.07, 6.45) is 12.4. The first-order valence-corrected chi connectivity index (χ1v) is 18.9. The van der Waals surface area contributed by atoms with E-state index in [2.05, 4.69) is 152 Å². The monoisotopic (exact) mass is 674 g/mol. The topological polar surface area (TPSA) is 25.8 Å². The van der Waals surface area contributed by atoms with Crippen LogP contribution >= 0.6 is 0 Å². The van der Waals surface area contributed by atoms with Crippen molar-refractivity contribution >= 4 is 0 Å². The third kappa shape index (κ3) is 7.39. The summed E-state index contributed by atoms with van der Waals surface area (Å²) >= 11 is 0. The van der Waals surface area contributed by atoms with Crippen molar-refractivity contribution in [1.29, 1.82) is 0 Å². The SMILES string of the molecule is Cc1cc(CCc2ccc(-c3ccccn3)cc2)cc(-c2ccccc2-c2ccc(-c3cc(-c4ccc(C5(C)CCCCC5)cc4)ccn3)cc2)c1. The van der Waals surface area contributed by atoms with E-state index >= 15 is 0 Å². The highest BCUT2D eigenvalue weighted by molar-refractivity contribution is 5.85. The van der Waals surface area contributed by atoms with Gasteiger partial charge in [-0.2, -0.15) is 0 Å². The van der Waals surface area contributed by atoms with Crippen LogP contribution < -0.4 is 0 Å². The van der Waals surface area contributed by atoms with Gasteiger partial charge in [-0.1, -0.05) is 153 Å². The van der Waals surface area contributed by atoms with Gasteiger partial charge in [-0.3, -0.25) is 9.97 Å². The van der Waals surface area contributed by atoms with Crippen molar-refractivity contribution in [1.82, 2.24) is 9.97 Å². The van der Waals surface area contributed by atoms with Crippen LogP contribution in [0.3, 0.4) is 0 Å². The Kier molecular flexibility index (Phi) is 9.64. The second-order valence-electron chi connectivity index (χ2n) is 14.9. The van der Waals surface area contributed by atoms with Crippen LogP contribution in [0.4, 0.5) is 0 Å². The molecule has 7 aromatic rings. The Morgan fingerprint density at radius 2 is 1.08 bits per heavy atom. The first-order valence-electron chi connectivity index (χ1n) is 18.9. The van der Waals surface area contributed by atoms with E-state index in [0.717, 1.165) is 35.4 Å². The summed E-state index contributed by atoms with van der Waals surface area (Å²) in [5.41, 5.74) is 17.5. The molecule has 0 N–H and O–H groups in total. The minimum absolute atomic E-state index is 0.317. The third-order valence-electron chi connectivity index (χ3n) is 11.1. The molecule has 0 amide bonds. The standard InChI is InChI=1S/C50H46N2/c1-36-32-38(14-13-37-15-17-41(18-16-37)48-12-6-9-30-51-48)34-44(33-36)47-11-5-4-10-46(47)40-19-21-42(22-20-40)49-35-43(27-31-52-49)39-23-25-45(26-24-39)50(2)28-7-3-8-29-50/h4-6,9-12,15-27,30-35H,3,7-8,13-14,28-29H2,1-2H3. The largest absolute Gasteiger partial charge is 0.256 e. The van der Waals surface area contributed by atoms with E-state index in [9.17, 15) is 0 Å². The fraction of sp³-hybridized carbons (Fsp3) is 0.200. The Balaban J connectivity index is 0.991. The Hall–Kier alpha value is -5.60. The molecular formula is C50H46N2. The zero-order valence-electron chi connectivity index (χ0n) is 30.4. The third-order valence-corrected chi connectivity index (χ3v) is 11.1. The Morgan fingerprint density at radius 1 is 0.462 bits per heavy atom. The van der Waals surface area contributed by atoms with E-state index < -0.39 is 0 Å². The highest BCUT2D eigenvalue weighted by Gasteiger charge is 2.28. The molecule has 2 heteroatoms. The number of aromatic nitrogens is 2. The Labute approximate surface area is 309 Å². The fourth-order valence-electron chi connectivity index (χ4n) is 8.09. The van der Waals surface area contributed by atoms with Gasteiger partial charge in [0.1, 0.15) is 0 Å². The molecule has 256 valence electrons. The van der Waals surface area contributed by atoms with Crippen LogP contribution in [0.5, 0.6) is 0 Å². The van der Waals surface area contributed by atoms with Gasteiger partial charge >= 0.3 is 0 Å². The van der Waals surface area contributed by atoms with Crippen molar-refractivity contribution in [3.05, 3.63) is 180 Å². The molecule has 1 aliphatic carbocycles. The number of aryl methyl sites for hydroxylation is 3. The molecule has 5 aromatic carbocycles. The second-order valence-corrected chi connectivity index (χ2v) is 14.9. The van der Waals surface area contributed by atoms with Crippen LogP contribution in [-0.2, 0) is 18.3 Å². The highest BCUT2D eigenvalue weighted by atomic mass is 14.7. The minimum Gasteiger partial charge on any atom is -0.256 e. The molecule has 2 heterocycles. The van der Waals surface area contributed by atoms with Crippen LogP contribution in [0.15, 0.2) is 158 Å². The van der Waals surface area contributed by atoms with Crippen molar-refractivity contribution in [2.24, 2.45) is 0 Å². The van der Waals surface area contributed by atoms with Gasteiger partial charge in [0.05, 0.1) is 11.4 Å². The zero-order chi connectivity index (χ0) is 35.3. The Bertz CT molecular complexity index is 2260. The molecule has 1 aliphatic rings. The van der Waals surface area contributed by atoms with E-state index in [1.807, 2.05) is 24.5 Å². The lowest BCUT2D eigenvalue weighted by Gasteiger charge is -2.34. The van der Waals surface area contributed by atoms with Crippen LogP contribution in [0, 0.1) is 6.92 Å². The maximum Gasteiger partial charge on any atom is 0.0708 e. The molecule has 0 radical (unpaired) electrons. The molecular weight excluding hydrogens is 629 g/mol. The lowest BCUT2D eigenvalue weighted by atomic mass is 9.71.